The van der Waals surface area contributed by atoms with E-state index in [4.69, 9.17) is 0 Å². The minimum Gasteiger partial charge on any atom is -0.363 e. The van der Waals surface area contributed by atoms with Gasteiger partial charge in [-0.3, -0.25) is 4.98 Å². The van der Waals surface area contributed by atoms with E-state index >= 15 is 0 Å². The van der Waals surface area contributed by atoms with E-state index in [1.807, 2.05) is 18.4 Å². The van der Waals surface area contributed by atoms with Gasteiger partial charge in [0.25, 0.3) is 0 Å². The van der Waals surface area contributed by atoms with Gasteiger partial charge in [0.1, 0.15) is 12.1 Å². The summed E-state index contributed by atoms with van der Waals surface area (Å²) in [5, 5.41) is 10.7. The maximum Gasteiger partial charge on any atom is 0.433 e. The van der Waals surface area contributed by atoms with E-state index < -0.39 is 11.9 Å². The Morgan fingerprint density at radius 2 is 1.88 bits per heavy atom. The zero-order chi connectivity index (χ0) is 18.7. The SMILES string of the molecule is CC(C)n1cnnc1CNc1cc(C(F)(F)F)nc(-c2ccncc2)n1. The summed E-state index contributed by atoms with van der Waals surface area (Å²) in [4.78, 5) is 11.7. The van der Waals surface area contributed by atoms with E-state index in [0.29, 0.717) is 11.4 Å². The Morgan fingerprint density at radius 1 is 1.15 bits per heavy atom. The van der Waals surface area contributed by atoms with Crippen LogP contribution in [0.25, 0.3) is 11.4 Å². The van der Waals surface area contributed by atoms with Gasteiger partial charge in [-0.05, 0) is 26.0 Å². The molecule has 0 aliphatic heterocycles. The summed E-state index contributed by atoms with van der Waals surface area (Å²) in [6.45, 7) is 4.10. The zero-order valence-electron chi connectivity index (χ0n) is 14.1. The number of anilines is 1. The Hall–Kier alpha value is -3.04. The van der Waals surface area contributed by atoms with Crippen LogP contribution in [0.2, 0.25) is 0 Å². The number of hydrogen-bond acceptors (Lipinski definition) is 6. The standard InChI is InChI=1S/C16H16F3N7/c1-10(2)26-9-22-25-14(26)8-21-13-7-12(16(17,18)19)23-15(24-13)11-3-5-20-6-4-11/h3-7,9-10H,8H2,1-2H3,(H,21,23,24). The highest BCUT2D eigenvalue weighted by Crippen LogP contribution is 2.30. The first kappa shape index (κ1) is 17.8. The first-order chi connectivity index (χ1) is 12.3. The molecule has 26 heavy (non-hydrogen) atoms. The molecule has 0 aromatic carbocycles. The number of hydrogen-bond donors (Lipinski definition) is 1. The third-order valence-corrected chi connectivity index (χ3v) is 3.59. The zero-order valence-corrected chi connectivity index (χ0v) is 14.1. The lowest BCUT2D eigenvalue weighted by Crippen LogP contribution is -2.14. The summed E-state index contributed by atoms with van der Waals surface area (Å²) in [6, 6.07) is 4.11. The van der Waals surface area contributed by atoms with Gasteiger partial charge in [0, 0.05) is 30.1 Å². The molecule has 0 unspecified atom stereocenters. The Labute approximate surface area is 147 Å². The molecule has 3 heterocycles. The predicted molar refractivity (Wildman–Crippen MR) is 88.0 cm³/mol. The molecule has 0 spiro atoms. The van der Waals surface area contributed by atoms with E-state index in [1.165, 1.54) is 12.4 Å². The fraction of sp³-hybridized carbons (Fsp3) is 0.312. The second-order valence-corrected chi connectivity index (χ2v) is 5.80. The number of nitrogens with one attached hydrogen (secondary N) is 1. The number of nitrogens with zero attached hydrogens (tertiary/aromatic N) is 6. The normalized spacial score (nSPS) is 11.8. The van der Waals surface area contributed by atoms with Crippen LogP contribution in [-0.4, -0.2) is 29.7 Å². The van der Waals surface area contributed by atoms with Crippen molar-refractivity contribution in [2.75, 3.05) is 5.32 Å². The molecule has 3 rings (SSSR count). The van der Waals surface area contributed by atoms with E-state index in [0.717, 1.165) is 6.07 Å². The molecular weight excluding hydrogens is 347 g/mol. The molecule has 0 radical (unpaired) electrons. The second-order valence-electron chi connectivity index (χ2n) is 5.80. The topological polar surface area (TPSA) is 81.4 Å². The van der Waals surface area contributed by atoms with Gasteiger partial charge in [-0.15, -0.1) is 10.2 Å². The van der Waals surface area contributed by atoms with Crippen LogP contribution >= 0.6 is 0 Å². The van der Waals surface area contributed by atoms with Crippen LogP contribution in [0.4, 0.5) is 19.0 Å². The highest BCUT2D eigenvalue weighted by Gasteiger charge is 2.33. The molecule has 3 aromatic rings. The summed E-state index contributed by atoms with van der Waals surface area (Å²) < 4.78 is 41.4. The van der Waals surface area contributed by atoms with Crippen LogP contribution in [0.3, 0.4) is 0 Å². The quantitative estimate of drug-likeness (QED) is 0.749. The van der Waals surface area contributed by atoms with E-state index in [2.05, 4.69) is 30.5 Å². The number of aromatic nitrogens is 6. The van der Waals surface area contributed by atoms with Crippen molar-refractivity contribution < 1.29 is 13.2 Å². The minimum absolute atomic E-state index is 0.0324. The van der Waals surface area contributed by atoms with Crippen LogP contribution in [0.15, 0.2) is 36.9 Å². The molecule has 0 fully saturated rings. The number of pyridine rings is 1. The third-order valence-electron chi connectivity index (χ3n) is 3.59. The van der Waals surface area contributed by atoms with Crippen molar-refractivity contribution in [3.05, 3.63) is 48.4 Å². The highest BCUT2D eigenvalue weighted by molar-refractivity contribution is 5.57. The summed E-state index contributed by atoms with van der Waals surface area (Å²) in [7, 11) is 0. The van der Waals surface area contributed by atoms with Crippen molar-refractivity contribution in [3.63, 3.8) is 0 Å². The molecule has 0 aliphatic rings. The summed E-state index contributed by atoms with van der Waals surface area (Å²) in [6.07, 6.45) is -0.0708. The van der Waals surface area contributed by atoms with Gasteiger partial charge in [-0.1, -0.05) is 0 Å². The molecular formula is C16H16F3N7. The van der Waals surface area contributed by atoms with Crippen LogP contribution < -0.4 is 5.32 Å². The van der Waals surface area contributed by atoms with E-state index in [9.17, 15) is 13.2 Å². The molecule has 0 bridgehead atoms. The van der Waals surface area contributed by atoms with Crippen molar-refractivity contribution in [2.24, 2.45) is 0 Å². The van der Waals surface area contributed by atoms with E-state index in [-0.39, 0.29) is 24.2 Å². The first-order valence-electron chi connectivity index (χ1n) is 7.83. The van der Waals surface area contributed by atoms with Crippen LogP contribution in [0.5, 0.6) is 0 Å². The molecule has 0 aliphatic carbocycles. The molecule has 136 valence electrons. The predicted octanol–water partition coefficient (Wildman–Crippen LogP) is 3.34. The third kappa shape index (κ3) is 3.95. The molecule has 0 saturated heterocycles. The summed E-state index contributed by atoms with van der Waals surface area (Å²) in [5.41, 5.74) is -0.577. The van der Waals surface area contributed by atoms with Crippen molar-refractivity contribution in [2.45, 2.75) is 32.6 Å². The van der Waals surface area contributed by atoms with Crippen molar-refractivity contribution in [1.82, 2.24) is 29.7 Å². The maximum absolute atomic E-state index is 13.2. The second kappa shape index (κ2) is 7.06. The fourth-order valence-corrected chi connectivity index (χ4v) is 2.31. The van der Waals surface area contributed by atoms with Crippen LogP contribution in [0, 0.1) is 0 Å². The fourth-order valence-electron chi connectivity index (χ4n) is 2.31. The average molecular weight is 363 g/mol. The monoisotopic (exact) mass is 363 g/mol. The largest absolute Gasteiger partial charge is 0.433 e. The van der Waals surface area contributed by atoms with Gasteiger partial charge in [0.2, 0.25) is 0 Å². The van der Waals surface area contributed by atoms with Gasteiger partial charge in [0.05, 0.1) is 6.54 Å². The summed E-state index contributed by atoms with van der Waals surface area (Å²) >= 11 is 0. The molecule has 0 saturated carbocycles. The van der Waals surface area contributed by atoms with Crippen molar-refractivity contribution >= 4 is 5.82 Å². The molecule has 3 aromatic heterocycles. The van der Waals surface area contributed by atoms with Crippen molar-refractivity contribution in [3.8, 4) is 11.4 Å². The summed E-state index contributed by atoms with van der Waals surface area (Å²) in [5.74, 6) is 0.616. The van der Waals surface area contributed by atoms with E-state index in [1.54, 1.807) is 18.5 Å². The average Bonchev–Trinajstić information content (AvgIpc) is 3.09. The lowest BCUT2D eigenvalue weighted by molar-refractivity contribution is -0.141. The highest BCUT2D eigenvalue weighted by atomic mass is 19.4. The van der Waals surface area contributed by atoms with Gasteiger partial charge >= 0.3 is 6.18 Å². The van der Waals surface area contributed by atoms with Crippen LogP contribution in [-0.2, 0) is 12.7 Å². The van der Waals surface area contributed by atoms with Gasteiger partial charge < -0.3 is 9.88 Å². The Morgan fingerprint density at radius 3 is 2.54 bits per heavy atom. The molecule has 1 N–H and O–H groups in total. The minimum atomic E-state index is -4.58. The number of halogens is 3. The van der Waals surface area contributed by atoms with Gasteiger partial charge in [-0.25, -0.2) is 9.97 Å². The Kier molecular flexibility index (Phi) is 4.83. The maximum atomic E-state index is 13.2. The Balaban J connectivity index is 1.92. The number of alkyl halides is 3. The van der Waals surface area contributed by atoms with Crippen LogP contribution in [0.1, 0.15) is 31.4 Å². The number of rotatable bonds is 5. The van der Waals surface area contributed by atoms with Gasteiger partial charge in [0.15, 0.2) is 17.3 Å². The Bertz CT molecular complexity index is 875. The lowest BCUT2D eigenvalue weighted by Gasteiger charge is -2.13. The molecule has 10 heteroatoms. The lowest BCUT2D eigenvalue weighted by atomic mass is 10.2. The first-order valence-corrected chi connectivity index (χ1v) is 7.83. The molecule has 0 atom stereocenters. The molecule has 7 nitrogen and oxygen atoms in total. The molecule has 0 amide bonds. The smallest absolute Gasteiger partial charge is 0.363 e. The van der Waals surface area contributed by atoms with Crippen molar-refractivity contribution in [1.29, 1.82) is 0 Å². The van der Waals surface area contributed by atoms with Gasteiger partial charge in [-0.2, -0.15) is 13.2 Å².